The SMILES string of the molecule is Cc1ccc2ccccc2c1COc1ccc(/C=C2\C(=O)NC(=O)N(c3ccc(OCc4ccc(Br)cc4)cc3)C2=O)cc1. The van der Waals surface area contributed by atoms with Gasteiger partial charge in [-0.25, -0.2) is 9.69 Å². The number of hydrogen-bond donors (Lipinski definition) is 1. The quantitative estimate of drug-likeness (QED) is 0.138. The second-order valence-corrected chi connectivity index (χ2v) is 11.2. The van der Waals surface area contributed by atoms with Gasteiger partial charge < -0.3 is 9.47 Å². The maximum absolute atomic E-state index is 13.4. The number of hydrogen-bond acceptors (Lipinski definition) is 5. The molecule has 0 saturated carbocycles. The predicted molar refractivity (Wildman–Crippen MR) is 173 cm³/mol. The summed E-state index contributed by atoms with van der Waals surface area (Å²) >= 11 is 3.41. The van der Waals surface area contributed by atoms with Crippen molar-refractivity contribution in [3.05, 3.63) is 141 Å². The minimum atomic E-state index is -0.812. The van der Waals surface area contributed by atoms with E-state index in [2.05, 4.69) is 52.4 Å². The van der Waals surface area contributed by atoms with E-state index in [0.717, 1.165) is 36.8 Å². The van der Waals surface area contributed by atoms with Gasteiger partial charge in [-0.3, -0.25) is 14.9 Å². The lowest BCUT2D eigenvalue weighted by atomic mass is 10.0. The summed E-state index contributed by atoms with van der Waals surface area (Å²) in [6.45, 7) is 2.83. The van der Waals surface area contributed by atoms with Crippen LogP contribution in [0.15, 0.2) is 119 Å². The van der Waals surface area contributed by atoms with E-state index in [1.165, 1.54) is 6.08 Å². The number of fused-ring (bicyclic) bond motifs is 1. The predicted octanol–water partition coefficient (Wildman–Crippen LogP) is 7.74. The molecular formula is C36H27BrN2O5. The van der Waals surface area contributed by atoms with Crippen LogP contribution in [0, 0.1) is 6.92 Å². The molecule has 6 rings (SSSR count). The third-order valence-electron chi connectivity index (χ3n) is 7.36. The lowest BCUT2D eigenvalue weighted by Crippen LogP contribution is -2.54. The number of rotatable bonds is 8. The van der Waals surface area contributed by atoms with Gasteiger partial charge in [0.1, 0.15) is 30.3 Å². The topological polar surface area (TPSA) is 84.9 Å². The van der Waals surface area contributed by atoms with E-state index < -0.39 is 17.8 Å². The highest BCUT2D eigenvalue weighted by Gasteiger charge is 2.36. The van der Waals surface area contributed by atoms with Crippen molar-refractivity contribution >= 4 is 56.3 Å². The molecule has 5 aromatic carbocycles. The molecule has 0 bridgehead atoms. The largest absolute Gasteiger partial charge is 0.489 e. The van der Waals surface area contributed by atoms with E-state index in [-0.39, 0.29) is 5.57 Å². The number of anilines is 1. The molecule has 7 nitrogen and oxygen atoms in total. The van der Waals surface area contributed by atoms with Crippen molar-refractivity contribution in [2.75, 3.05) is 4.90 Å². The molecule has 0 spiro atoms. The third kappa shape index (κ3) is 6.26. The van der Waals surface area contributed by atoms with Crippen molar-refractivity contribution in [1.29, 1.82) is 0 Å². The van der Waals surface area contributed by atoms with Gasteiger partial charge in [0.2, 0.25) is 0 Å². The number of nitrogens with one attached hydrogen (secondary N) is 1. The molecule has 5 aromatic rings. The molecular weight excluding hydrogens is 620 g/mol. The average Bonchev–Trinajstić information content (AvgIpc) is 3.03. The van der Waals surface area contributed by atoms with Crippen molar-refractivity contribution in [2.45, 2.75) is 20.1 Å². The van der Waals surface area contributed by atoms with E-state index in [0.29, 0.717) is 36.0 Å². The molecule has 0 aromatic heterocycles. The number of barbiturate groups is 1. The van der Waals surface area contributed by atoms with Gasteiger partial charge >= 0.3 is 6.03 Å². The summed E-state index contributed by atoms with van der Waals surface area (Å²) in [6, 6.07) is 33.0. The second kappa shape index (κ2) is 12.6. The number of amides is 4. The number of halogens is 1. The first-order chi connectivity index (χ1) is 21.4. The molecule has 1 heterocycles. The Labute approximate surface area is 262 Å². The van der Waals surface area contributed by atoms with Crippen LogP contribution in [0.25, 0.3) is 16.8 Å². The Balaban J connectivity index is 1.14. The van der Waals surface area contributed by atoms with E-state index in [1.807, 2.05) is 36.4 Å². The Hall–Kier alpha value is -5.21. The maximum atomic E-state index is 13.4. The van der Waals surface area contributed by atoms with Crippen LogP contribution in [0.5, 0.6) is 11.5 Å². The van der Waals surface area contributed by atoms with Crippen LogP contribution in [-0.4, -0.2) is 17.8 Å². The van der Waals surface area contributed by atoms with Crippen molar-refractivity contribution in [3.8, 4) is 11.5 Å². The lowest BCUT2D eigenvalue weighted by Gasteiger charge is -2.26. The van der Waals surface area contributed by atoms with Gasteiger partial charge in [0.05, 0.1) is 5.69 Å². The van der Waals surface area contributed by atoms with Crippen LogP contribution in [0.2, 0.25) is 0 Å². The first kappa shape index (κ1) is 28.9. The first-order valence-corrected chi connectivity index (χ1v) is 14.7. The molecule has 1 N–H and O–H groups in total. The molecule has 218 valence electrons. The normalized spacial score (nSPS) is 14.2. The van der Waals surface area contributed by atoms with E-state index in [4.69, 9.17) is 9.47 Å². The molecule has 8 heteroatoms. The molecule has 0 unspecified atom stereocenters. The fraction of sp³-hybridized carbons (Fsp3) is 0.0833. The summed E-state index contributed by atoms with van der Waals surface area (Å²) in [5.41, 5.74) is 4.04. The number of aryl methyl sites for hydroxylation is 1. The summed E-state index contributed by atoms with van der Waals surface area (Å²) in [5, 5.41) is 4.57. The number of imide groups is 2. The number of carbonyl (C=O) groups is 3. The van der Waals surface area contributed by atoms with Crippen LogP contribution in [0.3, 0.4) is 0 Å². The van der Waals surface area contributed by atoms with Gasteiger partial charge in [-0.05, 0) is 89.0 Å². The van der Waals surface area contributed by atoms with E-state index in [9.17, 15) is 14.4 Å². The third-order valence-corrected chi connectivity index (χ3v) is 7.89. The fourth-order valence-corrected chi connectivity index (χ4v) is 5.21. The van der Waals surface area contributed by atoms with Gasteiger partial charge in [0.25, 0.3) is 11.8 Å². The molecule has 1 aliphatic rings. The number of ether oxygens (including phenoxy) is 2. The van der Waals surface area contributed by atoms with E-state index >= 15 is 0 Å². The number of benzene rings is 5. The van der Waals surface area contributed by atoms with Crippen molar-refractivity contribution in [2.24, 2.45) is 0 Å². The zero-order chi connectivity index (χ0) is 30.6. The van der Waals surface area contributed by atoms with Gasteiger partial charge in [0.15, 0.2) is 0 Å². The minimum Gasteiger partial charge on any atom is -0.489 e. The Morgan fingerprint density at radius 3 is 2.14 bits per heavy atom. The van der Waals surface area contributed by atoms with Crippen molar-refractivity contribution < 1.29 is 23.9 Å². The van der Waals surface area contributed by atoms with Crippen LogP contribution in [0.4, 0.5) is 10.5 Å². The smallest absolute Gasteiger partial charge is 0.335 e. The minimum absolute atomic E-state index is 0.153. The Bertz CT molecular complexity index is 1900. The maximum Gasteiger partial charge on any atom is 0.335 e. The molecule has 0 aliphatic carbocycles. The molecule has 0 atom stereocenters. The second-order valence-electron chi connectivity index (χ2n) is 10.3. The Morgan fingerprint density at radius 1 is 0.750 bits per heavy atom. The fourth-order valence-electron chi connectivity index (χ4n) is 4.95. The van der Waals surface area contributed by atoms with E-state index in [1.54, 1.807) is 48.5 Å². The van der Waals surface area contributed by atoms with Gasteiger partial charge in [-0.2, -0.15) is 0 Å². The summed E-state index contributed by atoms with van der Waals surface area (Å²) in [4.78, 5) is 39.6. The zero-order valence-electron chi connectivity index (χ0n) is 23.8. The highest BCUT2D eigenvalue weighted by molar-refractivity contribution is 9.10. The summed E-state index contributed by atoms with van der Waals surface area (Å²) in [6.07, 6.45) is 1.46. The molecule has 44 heavy (non-hydrogen) atoms. The van der Waals surface area contributed by atoms with Crippen LogP contribution in [-0.2, 0) is 22.8 Å². The Kier molecular flexibility index (Phi) is 8.25. The first-order valence-electron chi connectivity index (χ1n) is 13.9. The number of nitrogens with zero attached hydrogens (tertiary/aromatic N) is 1. The van der Waals surface area contributed by atoms with Crippen LogP contribution < -0.4 is 19.7 Å². The standard InChI is InChI=1S/C36H27BrN2O5/c1-23-6-11-26-4-2-3-5-31(26)33(23)22-44-29-16-9-24(10-17-29)20-32-34(40)38-36(42)39(35(32)41)28-14-18-30(19-15-28)43-21-25-7-12-27(37)13-8-25/h2-20H,21-22H2,1H3,(H,38,40,42)/b32-20+. The highest BCUT2D eigenvalue weighted by Crippen LogP contribution is 2.27. The highest BCUT2D eigenvalue weighted by atomic mass is 79.9. The molecule has 4 amide bonds. The molecule has 0 radical (unpaired) electrons. The van der Waals surface area contributed by atoms with Crippen molar-refractivity contribution in [1.82, 2.24) is 5.32 Å². The van der Waals surface area contributed by atoms with Gasteiger partial charge in [0, 0.05) is 10.0 Å². The van der Waals surface area contributed by atoms with Crippen LogP contribution >= 0.6 is 15.9 Å². The summed E-state index contributed by atoms with van der Waals surface area (Å²) in [7, 11) is 0. The lowest BCUT2D eigenvalue weighted by molar-refractivity contribution is -0.122. The molecule has 1 aliphatic heterocycles. The van der Waals surface area contributed by atoms with Crippen LogP contribution in [0.1, 0.15) is 22.3 Å². The summed E-state index contributed by atoms with van der Waals surface area (Å²) in [5.74, 6) is -0.240. The zero-order valence-corrected chi connectivity index (χ0v) is 25.3. The Morgan fingerprint density at radius 2 is 1.41 bits per heavy atom. The monoisotopic (exact) mass is 646 g/mol. The average molecular weight is 648 g/mol. The van der Waals surface area contributed by atoms with Gasteiger partial charge in [-0.1, -0.05) is 76.6 Å². The van der Waals surface area contributed by atoms with Gasteiger partial charge in [-0.15, -0.1) is 0 Å². The molecule has 1 fully saturated rings. The number of carbonyl (C=O) groups excluding carboxylic acids is 3. The van der Waals surface area contributed by atoms with Crippen molar-refractivity contribution in [3.63, 3.8) is 0 Å². The number of urea groups is 1. The molecule has 1 saturated heterocycles. The summed E-state index contributed by atoms with van der Waals surface area (Å²) < 4.78 is 12.9.